The van der Waals surface area contributed by atoms with E-state index in [9.17, 15) is 4.79 Å². The van der Waals surface area contributed by atoms with Gasteiger partial charge < -0.3 is 10.2 Å². The third-order valence-electron chi connectivity index (χ3n) is 4.44. The molecule has 1 fully saturated rings. The minimum atomic E-state index is -0.136. The molecule has 134 valence electrons. The fraction of sp³-hybridized carbons (Fsp3) is 0.333. The van der Waals surface area contributed by atoms with Gasteiger partial charge in [-0.05, 0) is 44.4 Å². The van der Waals surface area contributed by atoms with Crippen molar-refractivity contribution in [3.63, 3.8) is 0 Å². The second kappa shape index (κ2) is 6.92. The zero-order valence-electron chi connectivity index (χ0n) is 14.4. The molecule has 3 heterocycles. The van der Waals surface area contributed by atoms with Gasteiger partial charge in [-0.1, -0.05) is 11.6 Å². The lowest BCUT2D eigenvalue weighted by molar-refractivity contribution is 0.0712. The Morgan fingerprint density at radius 3 is 2.73 bits per heavy atom. The van der Waals surface area contributed by atoms with Crippen molar-refractivity contribution in [2.45, 2.75) is 26.2 Å². The van der Waals surface area contributed by atoms with Crippen molar-refractivity contribution in [3.05, 3.63) is 40.8 Å². The number of rotatable bonds is 3. The number of fused-ring (bicyclic) bond motifs is 1. The van der Waals surface area contributed by atoms with Crippen LogP contribution in [0.2, 0.25) is 5.02 Å². The van der Waals surface area contributed by atoms with E-state index in [0.29, 0.717) is 22.2 Å². The van der Waals surface area contributed by atoms with E-state index in [1.807, 2.05) is 17.9 Å². The highest BCUT2D eigenvalue weighted by molar-refractivity contribution is 6.31. The summed E-state index contributed by atoms with van der Waals surface area (Å²) in [4.78, 5) is 23.6. The van der Waals surface area contributed by atoms with Crippen LogP contribution in [0.1, 0.15) is 35.6 Å². The van der Waals surface area contributed by atoms with E-state index in [0.717, 1.165) is 43.4 Å². The second-order valence-electron chi connectivity index (χ2n) is 6.47. The molecule has 0 unspecified atom stereocenters. The summed E-state index contributed by atoms with van der Waals surface area (Å²) < 4.78 is 0. The molecule has 7 nitrogen and oxygen atoms in total. The van der Waals surface area contributed by atoms with Gasteiger partial charge in [-0.25, -0.2) is 9.97 Å². The monoisotopic (exact) mass is 370 g/mol. The number of carbonyl (C=O) groups is 1. The average Bonchev–Trinajstić information content (AvgIpc) is 3.07. The van der Waals surface area contributed by atoms with Gasteiger partial charge in [-0.15, -0.1) is 0 Å². The van der Waals surface area contributed by atoms with Gasteiger partial charge in [-0.3, -0.25) is 9.89 Å². The summed E-state index contributed by atoms with van der Waals surface area (Å²) in [5, 5.41) is 11.6. The quantitative estimate of drug-likeness (QED) is 0.734. The minimum Gasteiger partial charge on any atom is -0.336 e. The van der Waals surface area contributed by atoms with E-state index in [-0.39, 0.29) is 11.7 Å². The number of benzene rings is 1. The number of piperidine rings is 1. The fourth-order valence-corrected chi connectivity index (χ4v) is 3.31. The number of likely N-dealkylation sites (tertiary alicyclic amines) is 1. The number of nitrogens with one attached hydrogen (secondary N) is 2. The smallest absolute Gasteiger partial charge is 0.291 e. The molecule has 1 saturated heterocycles. The molecular formula is C18H19ClN6O. The molecule has 4 rings (SSSR count). The van der Waals surface area contributed by atoms with Crippen LogP contribution >= 0.6 is 11.6 Å². The Labute approximate surface area is 155 Å². The van der Waals surface area contributed by atoms with Crippen molar-refractivity contribution in [1.29, 1.82) is 0 Å². The third kappa shape index (κ3) is 3.35. The van der Waals surface area contributed by atoms with Crippen molar-refractivity contribution in [3.8, 4) is 0 Å². The van der Waals surface area contributed by atoms with Crippen LogP contribution in [-0.2, 0) is 0 Å². The molecule has 26 heavy (non-hydrogen) atoms. The Morgan fingerprint density at radius 2 is 2.00 bits per heavy atom. The molecule has 8 heteroatoms. The molecule has 1 aliphatic rings. The van der Waals surface area contributed by atoms with E-state index in [2.05, 4.69) is 25.5 Å². The molecule has 0 atom stereocenters. The number of aromatic amines is 1. The fourth-order valence-electron chi connectivity index (χ4n) is 3.13. The van der Waals surface area contributed by atoms with Crippen LogP contribution in [0.25, 0.3) is 10.9 Å². The number of hydrogen-bond donors (Lipinski definition) is 2. The van der Waals surface area contributed by atoms with Crippen LogP contribution < -0.4 is 5.32 Å². The summed E-state index contributed by atoms with van der Waals surface area (Å²) in [5.41, 5.74) is 1.59. The topological polar surface area (TPSA) is 86.8 Å². The number of hydrogen-bond acceptors (Lipinski definition) is 5. The Kier molecular flexibility index (Phi) is 4.46. The lowest BCUT2D eigenvalue weighted by Gasteiger charge is -2.26. The summed E-state index contributed by atoms with van der Waals surface area (Å²) >= 11 is 6.14. The van der Waals surface area contributed by atoms with Gasteiger partial charge in [0.2, 0.25) is 5.82 Å². The first-order valence-electron chi connectivity index (χ1n) is 8.66. The lowest BCUT2D eigenvalue weighted by atomic mass is 10.1. The SMILES string of the molecule is Cc1cc(Nc2nc(C(=O)N3CCCCC3)nc3ccc(Cl)cc23)n[nH]1. The second-order valence-corrected chi connectivity index (χ2v) is 6.91. The number of nitrogens with zero attached hydrogens (tertiary/aromatic N) is 4. The highest BCUT2D eigenvalue weighted by Crippen LogP contribution is 2.27. The molecule has 1 aromatic carbocycles. The number of carbonyl (C=O) groups excluding carboxylic acids is 1. The molecule has 2 aromatic heterocycles. The Bertz CT molecular complexity index is 963. The summed E-state index contributed by atoms with van der Waals surface area (Å²) in [6.07, 6.45) is 3.20. The maximum atomic E-state index is 12.8. The largest absolute Gasteiger partial charge is 0.336 e. The van der Waals surface area contributed by atoms with E-state index >= 15 is 0 Å². The van der Waals surface area contributed by atoms with Gasteiger partial charge in [0.05, 0.1) is 5.52 Å². The molecular weight excluding hydrogens is 352 g/mol. The van der Waals surface area contributed by atoms with Gasteiger partial charge in [0.15, 0.2) is 5.82 Å². The molecule has 1 aliphatic heterocycles. The van der Waals surface area contributed by atoms with Crippen LogP contribution in [0.4, 0.5) is 11.6 Å². The lowest BCUT2D eigenvalue weighted by Crippen LogP contribution is -2.36. The number of aryl methyl sites for hydroxylation is 1. The standard InChI is InChI=1S/C18H19ClN6O/c1-11-9-15(24-23-11)21-16-13-10-12(19)5-6-14(13)20-17(22-16)18(26)25-7-3-2-4-8-25/h5-6,9-10H,2-4,7-8H2,1H3,(H2,20,21,22,23,24). The Morgan fingerprint density at radius 1 is 1.19 bits per heavy atom. The summed E-state index contributed by atoms with van der Waals surface area (Å²) in [7, 11) is 0. The van der Waals surface area contributed by atoms with Gasteiger partial charge in [-0.2, -0.15) is 5.10 Å². The van der Waals surface area contributed by atoms with E-state index in [1.54, 1.807) is 18.2 Å². The maximum Gasteiger partial charge on any atom is 0.291 e. The molecule has 0 spiro atoms. The first-order chi connectivity index (χ1) is 12.6. The molecule has 2 N–H and O–H groups in total. The van der Waals surface area contributed by atoms with E-state index < -0.39 is 0 Å². The number of amides is 1. The normalized spacial score (nSPS) is 14.6. The molecule has 0 bridgehead atoms. The van der Waals surface area contributed by atoms with Gasteiger partial charge >= 0.3 is 0 Å². The molecule has 0 saturated carbocycles. The van der Waals surface area contributed by atoms with Crippen LogP contribution in [0.15, 0.2) is 24.3 Å². The van der Waals surface area contributed by atoms with E-state index in [4.69, 9.17) is 11.6 Å². The van der Waals surface area contributed by atoms with Crippen molar-refractivity contribution >= 4 is 40.0 Å². The molecule has 1 amide bonds. The van der Waals surface area contributed by atoms with Crippen molar-refractivity contribution < 1.29 is 4.79 Å². The van der Waals surface area contributed by atoms with Crippen LogP contribution in [0.5, 0.6) is 0 Å². The number of halogens is 1. The highest BCUT2D eigenvalue weighted by Gasteiger charge is 2.22. The summed E-state index contributed by atoms with van der Waals surface area (Å²) in [6.45, 7) is 3.42. The van der Waals surface area contributed by atoms with Crippen molar-refractivity contribution in [1.82, 2.24) is 25.1 Å². The van der Waals surface area contributed by atoms with Crippen molar-refractivity contribution in [2.75, 3.05) is 18.4 Å². The van der Waals surface area contributed by atoms with Crippen molar-refractivity contribution in [2.24, 2.45) is 0 Å². The zero-order valence-corrected chi connectivity index (χ0v) is 15.2. The molecule has 0 aliphatic carbocycles. The Hall–Kier alpha value is -2.67. The first-order valence-corrected chi connectivity index (χ1v) is 9.03. The first kappa shape index (κ1) is 16.8. The van der Waals surface area contributed by atoms with E-state index in [1.165, 1.54) is 0 Å². The van der Waals surface area contributed by atoms with Gasteiger partial charge in [0.1, 0.15) is 5.82 Å². The highest BCUT2D eigenvalue weighted by atomic mass is 35.5. The predicted octanol–water partition coefficient (Wildman–Crippen LogP) is 3.68. The minimum absolute atomic E-state index is 0.136. The summed E-state index contributed by atoms with van der Waals surface area (Å²) in [5.74, 6) is 1.20. The number of H-pyrrole nitrogens is 1. The van der Waals surface area contributed by atoms with Crippen LogP contribution in [-0.4, -0.2) is 44.1 Å². The number of anilines is 2. The van der Waals surface area contributed by atoms with Gasteiger partial charge in [0.25, 0.3) is 5.91 Å². The molecule has 0 radical (unpaired) electrons. The van der Waals surface area contributed by atoms with Gasteiger partial charge in [0, 0.05) is 35.3 Å². The Balaban J connectivity index is 1.76. The number of aromatic nitrogens is 4. The maximum absolute atomic E-state index is 12.8. The predicted molar refractivity (Wildman–Crippen MR) is 101 cm³/mol. The van der Waals surface area contributed by atoms with Crippen LogP contribution in [0.3, 0.4) is 0 Å². The zero-order chi connectivity index (χ0) is 18.1. The molecule has 3 aromatic rings. The average molecular weight is 371 g/mol. The summed E-state index contributed by atoms with van der Waals surface area (Å²) in [6, 6.07) is 7.21. The van der Waals surface area contributed by atoms with Crippen LogP contribution in [0, 0.1) is 6.92 Å². The third-order valence-corrected chi connectivity index (χ3v) is 4.68.